The molecule has 4 rings (SSSR count). The Morgan fingerprint density at radius 2 is 1.97 bits per heavy atom. The molecule has 0 fully saturated rings. The van der Waals surface area contributed by atoms with E-state index in [1.165, 1.54) is 0 Å². The first-order chi connectivity index (χ1) is 14.9. The van der Waals surface area contributed by atoms with Crippen LogP contribution in [0.15, 0.2) is 73.6 Å². The molecule has 0 aliphatic carbocycles. The number of hydrogen-bond donors (Lipinski definition) is 1. The van der Waals surface area contributed by atoms with Crippen molar-refractivity contribution >= 4 is 23.5 Å². The van der Waals surface area contributed by atoms with Gasteiger partial charge < -0.3 is 10.6 Å². The fourth-order valence-corrected chi connectivity index (χ4v) is 3.97. The molecule has 0 bridgehead atoms. The molecule has 1 aliphatic rings. The summed E-state index contributed by atoms with van der Waals surface area (Å²) in [6.07, 6.45) is 4.21. The van der Waals surface area contributed by atoms with Crippen molar-refractivity contribution in [3.8, 4) is 11.1 Å². The van der Waals surface area contributed by atoms with E-state index in [1.807, 2.05) is 37.3 Å². The molecule has 1 aromatic heterocycles. The summed E-state index contributed by atoms with van der Waals surface area (Å²) in [5.74, 6) is -0.140. The summed E-state index contributed by atoms with van der Waals surface area (Å²) < 4.78 is 0. The van der Waals surface area contributed by atoms with Gasteiger partial charge in [-0.05, 0) is 64.6 Å². The number of carbonyl (C=O) groups is 2. The van der Waals surface area contributed by atoms with Gasteiger partial charge in [-0.15, -0.1) is 0 Å². The van der Waals surface area contributed by atoms with E-state index in [0.29, 0.717) is 29.7 Å². The first-order valence-corrected chi connectivity index (χ1v) is 9.94. The number of rotatable bonds is 6. The molecule has 0 radical (unpaired) electrons. The first-order valence-electron chi connectivity index (χ1n) is 9.94. The predicted octanol–water partition coefficient (Wildman–Crippen LogP) is 4.41. The predicted molar refractivity (Wildman–Crippen MR) is 123 cm³/mol. The number of nitrogens with zero attached hydrogens (tertiary/aromatic N) is 2. The Morgan fingerprint density at radius 1 is 1.19 bits per heavy atom. The maximum Gasteiger partial charge on any atom is 0.254 e. The van der Waals surface area contributed by atoms with E-state index < -0.39 is 0 Å². The SMILES string of the molecule is C=C(C=O)CN1Cc2c(cc(N)cc2-c2ccc(C)c(C(=C)c3cccnc3)c2)C1=O. The van der Waals surface area contributed by atoms with E-state index in [1.54, 1.807) is 23.4 Å². The first kappa shape index (κ1) is 20.3. The van der Waals surface area contributed by atoms with E-state index in [0.717, 1.165) is 39.0 Å². The minimum Gasteiger partial charge on any atom is -0.399 e. The maximum atomic E-state index is 12.9. The maximum absolute atomic E-state index is 12.9. The van der Waals surface area contributed by atoms with Crippen LogP contribution in [0.1, 0.15) is 32.6 Å². The molecule has 0 saturated heterocycles. The number of nitrogen functional groups attached to an aromatic ring is 1. The van der Waals surface area contributed by atoms with Crippen LogP contribution in [0.3, 0.4) is 0 Å². The summed E-state index contributed by atoms with van der Waals surface area (Å²) in [5.41, 5.74) is 14.3. The van der Waals surface area contributed by atoms with E-state index in [4.69, 9.17) is 5.73 Å². The Kier molecular flexibility index (Phi) is 5.26. The summed E-state index contributed by atoms with van der Waals surface area (Å²) in [7, 11) is 0. The summed E-state index contributed by atoms with van der Waals surface area (Å²) in [4.78, 5) is 29.7. The Balaban J connectivity index is 1.78. The normalized spacial score (nSPS) is 12.5. The van der Waals surface area contributed by atoms with Gasteiger partial charge in [-0.2, -0.15) is 0 Å². The molecule has 0 spiro atoms. The zero-order chi connectivity index (χ0) is 22.1. The number of fused-ring (bicyclic) bond motifs is 1. The largest absolute Gasteiger partial charge is 0.399 e. The molecule has 3 aromatic rings. The number of anilines is 1. The fourth-order valence-electron chi connectivity index (χ4n) is 3.97. The Morgan fingerprint density at radius 3 is 2.68 bits per heavy atom. The molecular formula is C26H23N3O2. The van der Waals surface area contributed by atoms with Gasteiger partial charge in [0.25, 0.3) is 5.91 Å². The molecule has 2 N–H and O–H groups in total. The van der Waals surface area contributed by atoms with Crippen LogP contribution in [0.2, 0.25) is 0 Å². The molecule has 2 aromatic carbocycles. The highest BCUT2D eigenvalue weighted by molar-refractivity contribution is 6.02. The third-order valence-corrected chi connectivity index (χ3v) is 5.58. The zero-order valence-corrected chi connectivity index (χ0v) is 17.4. The molecule has 0 atom stereocenters. The minimum atomic E-state index is -0.140. The molecule has 5 nitrogen and oxygen atoms in total. The second kappa shape index (κ2) is 8.03. The van der Waals surface area contributed by atoms with E-state index in [9.17, 15) is 9.59 Å². The van der Waals surface area contributed by atoms with Crippen molar-refractivity contribution in [2.45, 2.75) is 13.5 Å². The number of carbonyl (C=O) groups excluding carboxylic acids is 2. The number of hydrogen-bond acceptors (Lipinski definition) is 4. The van der Waals surface area contributed by atoms with Gasteiger partial charge in [-0.1, -0.05) is 31.4 Å². The third-order valence-electron chi connectivity index (χ3n) is 5.58. The van der Waals surface area contributed by atoms with Gasteiger partial charge in [0.1, 0.15) is 6.29 Å². The molecule has 1 aliphatic heterocycles. The lowest BCUT2D eigenvalue weighted by Gasteiger charge is -2.16. The van der Waals surface area contributed by atoms with Crippen LogP contribution >= 0.6 is 0 Å². The van der Waals surface area contributed by atoms with E-state index in [2.05, 4.69) is 24.2 Å². The van der Waals surface area contributed by atoms with Crippen molar-refractivity contribution in [2.75, 3.05) is 12.3 Å². The number of aryl methyl sites for hydroxylation is 1. The number of pyridine rings is 1. The van der Waals surface area contributed by atoms with Gasteiger partial charge in [0, 0.05) is 47.9 Å². The summed E-state index contributed by atoms with van der Waals surface area (Å²) >= 11 is 0. The zero-order valence-electron chi connectivity index (χ0n) is 17.4. The van der Waals surface area contributed by atoms with Crippen LogP contribution in [0, 0.1) is 6.92 Å². The number of nitrogens with two attached hydrogens (primary N) is 1. The lowest BCUT2D eigenvalue weighted by atomic mass is 9.90. The Bertz CT molecular complexity index is 1230. The van der Waals surface area contributed by atoms with Gasteiger partial charge >= 0.3 is 0 Å². The van der Waals surface area contributed by atoms with Crippen molar-refractivity contribution in [1.29, 1.82) is 0 Å². The van der Waals surface area contributed by atoms with Gasteiger partial charge in [0.2, 0.25) is 0 Å². The number of amides is 1. The number of aromatic nitrogens is 1. The lowest BCUT2D eigenvalue weighted by Crippen LogP contribution is -2.26. The molecule has 1 amide bonds. The minimum absolute atomic E-state index is 0.140. The Labute approximate surface area is 181 Å². The highest BCUT2D eigenvalue weighted by Crippen LogP contribution is 2.37. The summed E-state index contributed by atoms with van der Waals surface area (Å²) in [5, 5.41) is 0. The highest BCUT2D eigenvalue weighted by Gasteiger charge is 2.30. The molecular weight excluding hydrogens is 386 g/mol. The lowest BCUT2D eigenvalue weighted by molar-refractivity contribution is -0.105. The van der Waals surface area contributed by atoms with Crippen LogP contribution in [0.4, 0.5) is 5.69 Å². The second-order valence-electron chi connectivity index (χ2n) is 7.78. The van der Waals surface area contributed by atoms with Crippen molar-refractivity contribution < 1.29 is 9.59 Å². The van der Waals surface area contributed by atoms with Crippen LogP contribution in [-0.4, -0.2) is 28.6 Å². The van der Waals surface area contributed by atoms with E-state index >= 15 is 0 Å². The standard InChI is InChI=1S/C26H23N3O2/c1-16(15-30)13-29-14-25-23(10-21(27)11-24(25)26(29)31)19-7-6-17(2)22(9-19)18(3)20-5-4-8-28-12-20/h4-12,15H,1,3,13-14,27H2,2H3. The smallest absolute Gasteiger partial charge is 0.254 e. The van der Waals surface area contributed by atoms with Crippen LogP contribution in [0.5, 0.6) is 0 Å². The van der Waals surface area contributed by atoms with Crippen LogP contribution < -0.4 is 5.73 Å². The Hall–Kier alpha value is -3.99. The van der Waals surface area contributed by atoms with Crippen molar-refractivity contribution in [1.82, 2.24) is 9.88 Å². The van der Waals surface area contributed by atoms with Crippen LogP contribution in [0.25, 0.3) is 16.7 Å². The monoisotopic (exact) mass is 409 g/mol. The third kappa shape index (κ3) is 3.78. The molecule has 0 unspecified atom stereocenters. The number of benzene rings is 2. The second-order valence-corrected chi connectivity index (χ2v) is 7.78. The number of aldehydes is 1. The van der Waals surface area contributed by atoms with Crippen molar-refractivity contribution in [3.05, 3.63) is 101 Å². The van der Waals surface area contributed by atoms with Gasteiger partial charge in [-0.3, -0.25) is 14.6 Å². The topological polar surface area (TPSA) is 76.3 Å². The molecule has 5 heteroatoms. The van der Waals surface area contributed by atoms with Gasteiger partial charge in [0.15, 0.2) is 0 Å². The van der Waals surface area contributed by atoms with Gasteiger partial charge in [0.05, 0.1) is 0 Å². The average molecular weight is 409 g/mol. The van der Waals surface area contributed by atoms with E-state index in [-0.39, 0.29) is 12.5 Å². The summed E-state index contributed by atoms with van der Waals surface area (Å²) in [6.45, 7) is 10.6. The molecule has 2 heterocycles. The molecule has 0 saturated carbocycles. The quantitative estimate of drug-likeness (QED) is 0.372. The average Bonchev–Trinajstić information content (AvgIpc) is 3.09. The van der Waals surface area contributed by atoms with Crippen LogP contribution in [-0.2, 0) is 11.3 Å². The highest BCUT2D eigenvalue weighted by atomic mass is 16.2. The van der Waals surface area contributed by atoms with Crippen molar-refractivity contribution in [3.63, 3.8) is 0 Å². The van der Waals surface area contributed by atoms with Crippen molar-refractivity contribution in [2.24, 2.45) is 0 Å². The van der Waals surface area contributed by atoms with Gasteiger partial charge in [-0.25, -0.2) is 0 Å². The fraction of sp³-hybridized carbons (Fsp3) is 0.115. The molecule has 31 heavy (non-hydrogen) atoms. The molecule has 154 valence electrons. The summed E-state index contributed by atoms with van der Waals surface area (Å²) in [6, 6.07) is 13.6.